The molecule has 0 saturated heterocycles. The minimum absolute atomic E-state index is 0.870. The molecule has 2 nitrogen and oxygen atoms in total. The quantitative estimate of drug-likeness (QED) is 0.881. The maximum absolute atomic E-state index is 5.57. The third-order valence-corrected chi connectivity index (χ3v) is 4.45. The van der Waals surface area contributed by atoms with Crippen molar-refractivity contribution in [2.45, 2.75) is 39.2 Å². The first-order valence-corrected chi connectivity index (χ1v) is 7.49. The average molecular weight is 257 g/mol. The van der Waals surface area contributed by atoms with Crippen LogP contribution in [-0.4, -0.2) is 6.54 Å². The van der Waals surface area contributed by atoms with Gasteiger partial charge in [-0.2, -0.15) is 0 Å². The van der Waals surface area contributed by atoms with Crippen LogP contribution in [0.1, 0.15) is 38.2 Å². The van der Waals surface area contributed by atoms with Gasteiger partial charge in [0.2, 0.25) is 0 Å². The number of hydrogen-bond acceptors (Lipinski definition) is 2. The van der Waals surface area contributed by atoms with Gasteiger partial charge in [-0.05, 0) is 37.3 Å². The zero-order valence-corrected chi connectivity index (χ0v) is 11.7. The van der Waals surface area contributed by atoms with Crippen molar-refractivity contribution in [2.24, 2.45) is 11.8 Å². The number of rotatable bonds is 4. The molecule has 1 heterocycles. The highest BCUT2D eigenvalue weighted by molar-refractivity contribution is 5.80. The van der Waals surface area contributed by atoms with E-state index in [0.29, 0.717) is 0 Å². The van der Waals surface area contributed by atoms with Gasteiger partial charge in [-0.1, -0.05) is 38.0 Å². The van der Waals surface area contributed by atoms with Gasteiger partial charge in [0.05, 0.1) is 6.26 Å². The smallest absolute Gasteiger partial charge is 0.134 e. The van der Waals surface area contributed by atoms with Gasteiger partial charge in [0.25, 0.3) is 0 Å². The van der Waals surface area contributed by atoms with Gasteiger partial charge in [-0.3, -0.25) is 0 Å². The Hall–Kier alpha value is -1.28. The lowest BCUT2D eigenvalue weighted by atomic mass is 9.83. The molecule has 2 aromatic rings. The molecule has 2 heteroatoms. The Kier molecular flexibility index (Phi) is 3.88. The van der Waals surface area contributed by atoms with Crippen molar-refractivity contribution in [3.05, 3.63) is 36.1 Å². The summed E-state index contributed by atoms with van der Waals surface area (Å²) in [5.41, 5.74) is 2.27. The lowest BCUT2D eigenvalue weighted by Crippen LogP contribution is -2.25. The molecule has 19 heavy (non-hydrogen) atoms. The summed E-state index contributed by atoms with van der Waals surface area (Å²) in [4.78, 5) is 0. The number of furan rings is 1. The minimum atomic E-state index is 0.870. The van der Waals surface area contributed by atoms with E-state index in [4.69, 9.17) is 4.42 Å². The topological polar surface area (TPSA) is 25.2 Å². The summed E-state index contributed by atoms with van der Waals surface area (Å²) in [6.45, 7) is 4.44. The fraction of sp³-hybridized carbons (Fsp3) is 0.529. The number of hydrogen-bond donors (Lipinski definition) is 1. The fourth-order valence-corrected chi connectivity index (χ4v) is 3.11. The summed E-state index contributed by atoms with van der Waals surface area (Å²) >= 11 is 0. The maximum Gasteiger partial charge on any atom is 0.134 e. The normalized spacial score (nSPS) is 23.8. The van der Waals surface area contributed by atoms with E-state index >= 15 is 0 Å². The summed E-state index contributed by atoms with van der Waals surface area (Å²) in [6, 6.07) is 8.26. The van der Waals surface area contributed by atoms with Crippen molar-refractivity contribution in [1.29, 1.82) is 0 Å². The second-order valence-electron chi connectivity index (χ2n) is 6.01. The second kappa shape index (κ2) is 5.79. The van der Waals surface area contributed by atoms with Gasteiger partial charge in [0.1, 0.15) is 5.58 Å². The molecule has 0 aliphatic heterocycles. The van der Waals surface area contributed by atoms with E-state index in [1.807, 2.05) is 18.4 Å². The standard InChI is InChI=1S/C17H23NO/c1-13-6-8-14(9-7-13)10-18-11-15-12-19-17-5-3-2-4-16(15)17/h2-5,12-14,18H,6-11H2,1H3. The van der Waals surface area contributed by atoms with Crippen molar-refractivity contribution in [3.63, 3.8) is 0 Å². The van der Waals surface area contributed by atoms with E-state index in [0.717, 1.165) is 30.5 Å². The highest BCUT2D eigenvalue weighted by atomic mass is 16.3. The predicted molar refractivity (Wildman–Crippen MR) is 79.0 cm³/mol. The molecule has 1 saturated carbocycles. The first kappa shape index (κ1) is 12.7. The summed E-state index contributed by atoms with van der Waals surface area (Å²) in [7, 11) is 0. The molecule has 0 spiro atoms. The van der Waals surface area contributed by atoms with Crippen LogP contribution in [0.2, 0.25) is 0 Å². The number of nitrogens with one attached hydrogen (secondary N) is 1. The van der Waals surface area contributed by atoms with Gasteiger partial charge >= 0.3 is 0 Å². The highest BCUT2D eigenvalue weighted by Crippen LogP contribution is 2.28. The Morgan fingerprint density at radius 2 is 1.95 bits per heavy atom. The number of benzene rings is 1. The van der Waals surface area contributed by atoms with Crippen LogP contribution >= 0.6 is 0 Å². The maximum atomic E-state index is 5.57. The van der Waals surface area contributed by atoms with E-state index < -0.39 is 0 Å². The Balaban J connectivity index is 1.52. The fourth-order valence-electron chi connectivity index (χ4n) is 3.11. The lowest BCUT2D eigenvalue weighted by molar-refractivity contribution is 0.281. The van der Waals surface area contributed by atoms with Crippen molar-refractivity contribution in [1.82, 2.24) is 5.32 Å². The van der Waals surface area contributed by atoms with Crippen LogP contribution in [0.15, 0.2) is 34.9 Å². The number of fused-ring (bicyclic) bond motifs is 1. The zero-order valence-electron chi connectivity index (χ0n) is 11.7. The highest BCUT2D eigenvalue weighted by Gasteiger charge is 2.17. The van der Waals surface area contributed by atoms with E-state index in [1.54, 1.807) is 0 Å². The van der Waals surface area contributed by atoms with Crippen LogP contribution < -0.4 is 5.32 Å². The van der Waals surface area contributed by atoms with Crippen LogP contribution in [0.5, 0.6) is 0 Å². The average Bonchev–Trinajstić information content (AvgIpc) is 2.85. The van der Waals surface area contributed by atoms with Crippen LogP contribution in [0.3, 0.4) is 0 Å². The van der Waals surface area contributed by atoms with E-state index in [2.05, 4.69) is 24.4 Å². The molecular weight excluding hydrogens is 234 g/mol. The third-order valence-electron chi connectivity index (χ3n) is 4.45. The summed E-state index contributed by atoms with van der Waals surface area (Å²) in [5, 5.41) is 4.85. The van der Waals surface area contributed by atoms with E-state index in [1.165, 1.54) is 36.6 Å². The molecule has 0 unspecified atom stereocenters. The van der Waals surface area contributed by atoms with Crippen molar-refractivity contribution < 1.29 is 4.42 Å². The molecule has 0 atom stereocenters. The van der Waals surface area contributed by atoms with Gasteiger partial charge in [-0.15, -0.1) is 0 Å². The molecule has 1 N–H and O–H groups in total. The molecule has 0 amide bonds. The van der Waals surface area contributed by atoms with Gasteiger partial charge in [0, 0.05) is 17.5 Å². The van der Waals surface area contributed by atoms with Crippen molar-refractivity contribution in [2.75, 3.05) is 6.54 Å². The van der Waals surface area contributed by atoms with E-state index in [9.17, 15) is 0 Å². The first-order valence-electron chi connectivity index (χ1n) is 7.49. The van der Waals surface area contributed by atoms with Crippen LogP contribution in [0.25, 0.3) is 11.0 Å². The molecule has 1 aliphatic rings. The molecule has 0 radical (unpaired) electrons. The van der Waals surface area contributed by atoms with Crippen molar-refractivity contribution in [3.8, 4) is 0 Å². The van der Waals surface area contributed by atoms with Gasteiger partial charge in [0.15, 0.2) is 0 Å². The molecule has 1 fully saturated rings. The summed E-state index contributed by atoms with van der Waals surface area (Å²) < 4.78 is 5.57. The minimum Gasteiger partial charge on any atom is -0.464 e. The van der Waals surface area contributed by atoms with Crippen LogP contribution in [0, 0.1) is 11.8 Å². The predicted octanol–water partition coefficient (Wildman–Crippen LogP) is 4.35. The largest absolute Gasteiger partial charge is 0.464 e. The molecule has 3 rings (SSSR count). The lowest BCUT2D eigenvalue weighted by Gasteiger charge is -2.26. The molecular formula is C17H23NO. The van der Waals surface area contributed by atoms with E-state index in [-0.39, 0.29) is 0 Å². The second-order valence-corrected chi connectivity index (χ2v) is 6.01. The summed E-state index contributed by atoms with van der Waals surface area (Å²) in [6.07, 6.45) is 7.48. The molecule has 1 aromatic heterocycles. The number of para-hydroxylation sites is 1. The summed E-state index contributed by atoms with van der Waals surface area (Å²) in [5.74, 6) is 1.81. The Morgan fingerprint density at radius 3 is 2.79 bits per heavy atom. The Morgan fingerprint density at radius 1 is 1.16 bits per heavy atom. The SMILES string of the molecule is CC1CCC(CNCc2coc3ccccc23)CC1. The Labute approximate surface area is 115 Å². The molecule has 102 valence electrons. The van der Waals surface area contributed by atoms with Crippen LogP contribution in [-0.2, 0) is 6.54 Å². The first-order chi connectivity index (χ1) is 9.33. The van der Waals surface area contributed by atoms with Crippen LogP contribution in [0.4, 0.5) is 0 Å². The van der Waals surface area contributed by atoms with Gasteiger partial charge < -0.3 is 9.73 Å². The molecule has 1 aromatic carbocycles. The monoisotopic (exact) mass is 257 g/mol. The third kappa shape index (κ3) is 3.01. The zero-order chi connectivity index (χ0) is 13.1. The molecule has 0 bridgehead atoms. The van der Waals surface area contributed by atoms with Crippen molar-refractivity contribution >= 4 is 11.0 Å². The van der Waals surface area contributed by atoms with Gasteiger partial charge in [-0.25, -0.2) is 0 Å². The molecule has 1 aliphatic carbocycles. The Bertz CT molecular complexity index is 523.